The summed E-state index contributed by atoms with van der Waals surface area (Å²) in [5.41, 5.74) is 2.49. The van der Waals surface area contributed by atoms with Crippen molar-refractivity contribution in [1.82, 2.24) is 14.9 Å². The van der Waals surface area contributed by atoms with Crippen LogP contribution in [0.4, 0.5) is 13.2 Å². The van der Waals surface area contributed by atoms with Crippen LogP contribution in [0.2, 0.25) is 5.02 Å². The fourth-order valence-corrected chi connectivity index (χ4v) is 5.68. The van der Waals surface area contributed by atoms with Gasteiger partial charge in [-0.2, -0.15) is 0 Å². The Bertz CT molecular complexity index is 1740. The van der Waals surface area contributed by atoms with E-state index in [-0.39, 0.29) is 35.4 Å². The average molecular weight is 596 g/mol. The van der Waals surface area contributed by atoms with Crippen molar-refractivity contribution in [3.63, 3.8) is 0 Å². The van der Waals surface area contributed by atoms with Crippen molar-refractivity contribution >= 4 is 17.5 Å². The number of hydrogen-bond acceptors (Lipinski definition) is 5. The monoisotopic (exact) mass is 595 g/mol. The molecule has 0 spiro atoms. The molecule has 2 N–H and O–H groups in total. The number of rotatable bonds is 6. The highest BCUT2D eigenvalue weighted by atomic mass is 35.5. The fourth-order valence-electron chi connectivity index (χ4n) is 5.49. The van der Waals surface area contributed by atoms with Gasteiger partial charge >= 0.3 is 6.36 Å². The Balaban J connectivity index is 1.20. The highest BCUT2D eigenvalue weighted by Gasteiger charge is 2.49. The molecule has 11 heteroatoms. The zero-order valence-electron chi connectivity index (χ0n) is 22.1. The first kappa shape index (κ1) is 28.0. The molecular weight excluding hydrogens is 571 g/mol. The summed E-state index contributed by atoms with van der Waals surface area (Å²) in [6.45, 7) is 0.258. The average Bonchev–Trinajstić information content (AvgIpc) is 3.78. The minimum Gasteiger partial charge on any atom is -0.406 e. The van der Waals surface area contributed by atoms with Gasteiger partial charge in [0.2, 0.25) is 0 Å². The van der Waals surface area contributed by atoms with Crippen molar-refractivity contribution < 1.29 is 27.8 Å². The highest BCUT2D eigenvalue weighted by Crippen LogP contribution is 2.52. The Hall–Kier alpha value is -4.15. The summed E-state index contributed by atoms with van der Waals surface area (Å²) in [6.07, 6.45) is -4.34. The first-order chi connectivity index (χ1) is 20.0. The van der Waals surface area contributed by atoms with Crippen LogP contribution in [0.3, 0.4) is 0 Å². The zero-order valence-corrected chi connectivity index (χ0v) is 22.9. The quantitative estimate of drug-likeness (QED) is 0.299. The number of aromatic amines is 1. The molecular formula is C31H25ClF3N3O4. The van der Waals surface area contributed by atoms with Crippen LogP contribution in [0.15, 0.2) is 77.6 Å². The third-order valence-electron chi connectivity index (χ3n) is 7.80. The van der Waals surface area contributed by atoms with Gasteiger partial charge in [-0.05, 0) is 65.4 Å². The van der Waals surface area contributed by atoms with Crippen LogP contribution in [0, 0.1) is 0 Å². The second kappa shape index (κ2) is 10.6. The molecule has 1 aliphatic heterocycles. The molecule has 2 aliphatic rings. The van der Waals surface area contributed by atoms with Gasteiger partial charge in [-0.3, -0.25) is 9.59 Å². The Morgan fingerprint density at radius 2 is 1.76 bits per heavy atom. The lowest BCUT2D eigenvalue weighted by Crippen LogP contribution is -2.42. The van der Waals surface area contributed by atoms with Gasteiger partial charge in [0.05, 0.1) is 23.2 Å². The predicted octanol–water partition coefficient (Wildman–Crippen LogP) is 5.69. The minimum absolute atomic E-state index is 0.00543. The predicted molar refractivity (Wildman–Crippen MR) is 149 cm³/mol. The number of aliphatic hydroxyl groups excluding tert-OH is 1. The topological polar surface area (TPSA) is 95.5 Å². The van der Waals surface area contributed by atoms with E-state index in [4.69, 9.17) is 16.6 Å². The number of ether oxygens (including phenoxy) is 1. The van der Waals surface area contributed by atoms with E-state index in [0.29, 0.717) is 39.7 Å². The second-order valence-electron chi connectivity index (χ2n) is 10.5. The van der Waals surface area contributed by atoms with Gasteiger partial charge in [-0.25, -0.2) is 4.98 Å². The van der Waals surface area contributed by atoms with Crippen LogP contribution < -0.4 is 10.3 Å². The molecule has 1 amide bonds. The smallest absolute Gasteiger partial charge is 0.406 e. The van der Waals surface area contributed by atoms with E-state index >= 15 is 0 Å². The van der Waals surface area contributed by atoms with Gasteiger partial charge < -0.3 is 19.7 Å². The van der Waals surface area contributed by atoms with Crippen molar-refractivity contribution in [2.45, 2.75) is 43.7 Å². The van der Waals surface area contributed by atoms with Gasteiger partial charge in [0.1, 0.15) is 11.6 Å². The van der Waals surface area contributed by atoms with Crippen molar-refractivity contribution in [3.8, 4) is 16.9 Å². The summed E-state index contributed by atoms with van der Waals surface area (Å²) in [6, 6.07) is 19.3. The van der Waals surface area contributed by atoms with Crippen molar-refractivity contribution in [3.05, 3.63) is 116 Å². The Kier molecular flexibility index (Phi) is 7.06. The first-order valence-electron chi connectivity index (χ1n) is 13.3. The highest BCUT2D eigenvalue weighted by molar-refractivity contribution is 6.30. The van der Waals surface area contributed by atoms with Crippen molar-refractivity contribution in [1.29, 1.82) is 0 Å². The van der Waals surface area contributed by atoms with E-state index in [1.807, 2.05) is 18.2 Å². The molecule has 1 saturated carbocycles. The molecule has 7 nitrogen and oxygen atoms in total. The number of amides is 1. The Morgan fingerprint density at radius 3 is 2.48 bits per heavy atom. The third-order valence-corrected chi connectivity index (χ3v) is 8.03. The van der Waals surface area contributed by atoms with Crippen molar-refractivity contribution in [2.24, 2.45) is 0 Å². The normalized spacial score (nSPS) is 16.5. The number of benzene rings is 3. The second-order valence-corrected chi connectivity index (χ2v) is 11.0. The van der Waals surface area contributed by atoms with Crippen molar-refractivity contribution in [2.75, 3.05) is 6.54 Å². The molecule has 1 fully saturated rings. The Morgan fingerprint density at radius 1 is 1.05 bits per heavy atom. The summed E-state index contributed by atoms with van der Waals surface area (Å²) in [4.78, 5) is 35.6. The molecule has 3 aromatic carbocycles. The lowest BCUT2D eigenvalue weighted by atomic mass is 9.94. The fraction of sp³-hybridized carbons (Fsp3) is 0.258. The molecule has 4 aromatic rings. The van der Waals surface area contributed by atoms with Gasteiger partial charge in [0.15, 0.2) is 6.10 Å². The number of H-pyrrole nitrogens is 1. The maximum absolute atomic E-state index is 13.3. The number of carbonyl (C=O) groups is 1. The van der Waals surface area contributed by atoms with E-state index in [1.54, 1.807) is 36.4 Å². The molecule has 1 atom stereocenters. The van der Waals surface area contributed by atoms with E-state index < -0.39 is 18.4 Å². The number of nitrogens with one attached hydrogen (secondary N) is 1. The molecule has 1 unspecified atom stereocenters. The summed E-state index contributed by atoms with van der Waals surface area (Å²) in [5.74, 6) is -0.376. The molecule has 6 rings (SSSR count). The van der Waals surface area contributed by atoms with Gasteiger partial charge in [0, 0.05) is 18.0 Å². The lowest BCUT2D eigenvalue weighted by molar-refractivity contribution is -0.274. The maximum Gasteiger partial charge on any atom is 0.573 e. The molecule has 2 heterocycles. The zero-order chi connectivity index (χ0) is 29.6. The molecule has 42 heavy (non-hydrogen) atoms. The lowest BCUT2D eigenvalue weighted by Gasteiger charge is -2.30. The van der Waals surface area contributed by atoms with Crippen LogP contribution in [0.1, 0.15) is 47.2 Å². The standard InChI is InChI=1S/C31H25ClF3N3O4/c32-22-8-3-7-21(16-22)30(11-12-30)29-36-25-10-13-38(17-24(25)27(40)37-29)28(41)26(39)20-6-1-4-18(14-20)19-5-2-9-23(15-19)42-31(33,34)35/h1-9,14-16,26,39H,10-13,17H2,(H,36,37,40). The number of nitrogens with zero attached hydrogens (tertiary/aromatic N) is 2. The number of fused-ring (bicyclic) bond motifs is 1. The molecule has 216 valence electrons. The van der Waals surface area contributed by atoms with Crippen LogP contribution in [0.5, 0.6) is 5.75 Å². The number of aliphatic hydroxyl groups is 1. The molecule has 0 bridgehead atoms. The molecule has 1 aliphatic carbocycles. The summed E-state index contributed by atoms with van der Waals surface area (Å²) in [7, 11) is 0. The van der Waals surface area contributed by atoms with E-state index in [2.05, 4.69) is 9.72 Å². The number of hydrogen-bond donors (Lipinski definition) is 2. The molecule has 0 radical (unpaired) electrons. The maximum atomic E-state index is 13.3. The van der Waals surface area contributed by atoms with Crippen LogP contribution in [-0.2, 0) is 23.2 Å². The van der Waals surface area contributed by atoms with Gasteiger partial charge in [0.25, 0.3) is 11.5 Å². The van der Waals surface area contributed by atoms with Crippen LogP contribution in [-0.4, -0.2) is 38.8 Å². The summed E-state index contributed by atoms with van der Waals surface area (Å²) < 4.78 is 42.0. The summed E-state index contributed by atoms with van der Waals surface area (Å²) >= 11 is 6.20. The summed E-state index contributed by atoms with van der Waals surface area (Å²) in [5, 5.41) is 11.6. The van der Waals surface area contributed by atoms with E-state index in [9.17, 15) is 27.9 Å². The Labute approximate surface area is 243 Å². The number of carbonyl (C=O) groups excluding carboxylic acids is 1. The third kappa shape index (κ3) is 5.52. The largest absolute Gasteiger partial charge is 0.573 e. The van der Waals surface area contributed by atoms with E-state index in [0.717, 1.165) is 18.4 Å². The van der Waals surface area contributed by atoms with Crippen LogP contribution >= 0.6 is 11.6 Å². The number of alkyl halides is 3. The number of aromatic nitrogens is 2. The molecule has 0 saturated heterocycles. The number of halogens is 4. The minimum atomic E-state index is -4.83. The van der Waals surface area contributed by atoms with Gasteiger partial charge in [-0.15, -0.1) is 13.2 Å². The van der Waals surface area contributed by atoms with Crippen LogP contribution in [0.25, 0.3) is 11.1 Å². The first-order valence-corrected chi connectivity index (χ1v) is 13.7. The van der Waals surface area contributed by atoms with E-state index in [1.165, 1.54) is 23.1 Å². The molecule has 1 aromatic heterocycles. The van der Waals surface area contributed by atoms with Gasteiger partial charge in [-0.1, -0.05) is 54.1 Å². The SMILES string of the molecule is O=C(C(O)c1cccc(-c2cccc(OC(F)(F)F)c2)c1)N1CCc2nc(C3(c4cccc(Cl)c4)CC3)[nH]c(=O)c2C1.